The molecule has 0 aromatic carbocycles. The van der Waals surface area contributed by atoms with Gasteiger partial charge in [-0.15, -0.1) is 0 Å². The molecule has 16 heavy (non-hydrogen) atoms. The molecule has 0 unspecified atom stereocenters. The molecule has 0 atom stereocenters. The largest absolute Gasteiger partial charge is 0.248 e. The lowest BCUT2D eigenvalue weighted by molar-refractivity contribution is 0.0216. The molecule has 0 aliphatic rings. The van der Waals surface area contributed by atoms with Gasteiger partial charge < -0.3 is 0 Å². The van der Waals surface area contributed by atoms with Crippen molar-refractivity contribution in [2.24, 2.45) is 0 Å². The monoisotopic (exact) mass is 228 g/mol. The third-order valence-corrected chi connectivity index (χ3v) is 3.11. The average molecular weight is 228 g/mol. The minimum atomic E-state index is 1.24. The maximum Gasteiger partial charge on any atom is 0.0133 e. The van der Waals surface area contributed by atoms with Gasteiger partial charge in [0, 0.05) is 27.2 Å². The number of hydrogen-bond acceptors (Lipinski definition) is 2. The SMILES string of the molecule is CCCCCCN(CCCCCC)N(C)C. The molecule has 0 aromatic rings. The Bertz CT molecular complexity index is 123. The van der Waals surface area contributed by atoms with Crippen LogP contribution in [-0.2, 0) is 0 Å². The highest BCUT2D eigenvalue weighted by atomic mass is 15.6. The molecule has 0 amide bonds. The number of hydrazine groups is 1. The molecule has 98 valence electrons. The summed E-state index contributed by atoms with van der Waals surface area (Å²) in [5.41, 5.74) is 0. The van der Waals surface area contributed by atoms with E-state index in [4.69, 9.17) is 0 Å². The fraction of sp³-hybridized carbons (Fsp3) is 1.00. The van der Waals surface area contributed by atoms with Gasteiger partial charge in [-0.3, -0.25) is 0 Å². The zero-order valence-electron chi connectivity index (χ0n) is 12.0. The van der Waals surface area contributed by atoms with Gasteiger partial charge >= 0.3 is 0 Å². The van der Waals surface area contributed by atoms with Crippen molar-refractivity contribution in [2.75, 3.05) is 27.2 Å². The molecule has 0 rings (SSSR count). The molecule has 0 spiro atoms. The summed E-state index contributed by atoms with van der Waals surface area (Å²) in [6, 6.07) is 0. The lowest BCUT2D eigenvalue weighted by Crippen LogP contribution is -2.38. The Morgan fingerprint density at radius 2 is 1.06 bits per heavy atom. The predicted molar refractivity (Wildman–Crippen MR) is 73.5 cm³/mol. The summed E-state index contributed by atoms with van der Waals surface area (Å²) in [6.45, 7) is 7.02. The standard InChI is InChI=1S/C14H32N2/c1-5-7-9-11-13-16(15(3)4)14-12-10-8-6-2/h5-14H2,1-4H3. The minimum Gasteiger partial charge on any atom is -0.248 e. The second-order valence-electron chi connectivity index (χ2n) is 4.92. The van der Waals surface area contributed by atoms with Gasteiger partial charge in [0.15, 0.2) is 0 Å². The normalized spacial score (nSPS) is 11.6. The third kappa shape index (κ3) is 9.17. The molecule has 0 aromatic heterocycles. The van der Waals surface area contributed by atoms with E-state index in [9.17, 15) is 0 Å². The van der Waals surface area contributed by atoms with Crippen LogP contribution in [-0.4, -0.2) is 37.2 Å². The van der Waals surface area contributed by atoms with Gasteiger partial charge in [-0.25, -0.2) is 10.0 Å². The molecule has 0 saturated heterocycles. The minimum absolute atomic E-state index is 1.24. The number of nitrogens with zero attached hydrogens (tertiary/aromatic N) is 2. The molecule has 2 nitrogen and oxygen atoms in total. The lowest BCUT2D eigenvalue weighted by atomic mass is 10.2. The maximum absolute atomic E-state index is 2.49. The van der Waals surface area contributed by atoms with E-state index in [2.05, 4.69) is 38.0 Å². The highest BCUT2D eigenvalue weighted by Crippen LogP contribution is 2.05. The van der Waals surface area contributed by atoms with Gasteiger partial charge in [-0.1, -0.05) is 52.4 Å². The zero-order chi connectivity index (χ0) is 12.2. The van der Waals surface area contributed by atoms with Crippen molar-refractivity contribution in [3.05, 3.63) is 0 Å². The smallest absolute Gasteiger partial charge is 0.0133 e. The van der Waals surface area contributed by atoms with Crippen LogP contribution in [0.25, 0.3) is 0 Å². The number of hydrogen-bond donors (Lipinski definition) is 0. The fourth-order valence-electron chi connectivity index (χ4n) is 1.95. The van der Waals surface area contributed by atoms with E-state index in [0.717, 1.165) is 0 Å². The van der Waals surface area contributed by atoms with Gasteiger partial charge in [0.25, 0.3) is 0 Å². The van der Waals surface area contributed by atoms with Crippen molar-refractivity contribution < 1.29 is 0 Å². The maximum atomic E-state index is 2.49. The zero-order valence-corrected chi connectivity index (χ0v) is 12.0. The second-order valence-corrected chi connectivity index (χ2v) is 4.92. The molecule has 0 bridgehead atoms. The first-order chi connectivity index (χ1) is 7.72. The lowest BCUT2D eigenvalue weighted by Gasteiger charge is -2.29. The summed E-state index contributed by atoms with van der Waals surface area (Å²) in [4.78, 5) is 0. The molecule has 0 radical (unpaired) electrons. The van der Waals surface area contributed by atoms with Crippen LogP contribution in [0, 0.1) is 0 Å². The predicted octanol–water partition coefficient (Wildman–Crippen LogP) is 3.93. The molecule has 0 saturated carbocycles. The number of unbranched alkanes of at least 4 members (excludes halogenated alkanes) is 6. The molecule has 0 fully saturated rings. The van der Waals surface area contributed by atoms with E-state index in [0.29, 0.717) is 0 Å². The summed E-state index contributed by atoms with van der Waals surface area (Å²) in [7, 11) is 4.33. The Hall–Kier alpha value is -0.0800. The first kappa shape index (κ1) is 15.9. The van der Waals surface area contributed by atoms with E-state index in [1.165, 1.54) is 64.5 Å². The molecule has 2 heteroatoms. The topological polar surface area (TPSA) is 6.48 Å². The Kier molecular flexibility index (Phi) is 11.3. The Labute approximate surface area is 103 Å². The van der Waals surface area contributed by atoms with Crippen LogP contribution in [0.1, 0.15) is 65.2 Å². The summed E-state index contributed by atoms with van der Waals surface area (Å²) >= 11 is 0. The van der Waals surface area contributed by atoms with Crippen molar-refractivity contribution in [1.29, 1.82) is 0 Å². The van der Waals surface area contributed by atoms with Gasteiger partial charge in [-0.05, 0) is 12.8 Å². The first-order valence-electron chi connectivity index (χ1n) is 7.14. The van der Waals surface area contributed by atoms with Gasteiger partial charge in [0.1, 0.15) is 0 Å². The molecular formula is C14H32N2. The molecule has 0 heterocycles. The van der Waals surface area contributed by atoms with Crippen molar-refractivity contribution in [3.8, 4) is 0 Å². The van der Waals surface area contributed by atoms with E-state index in [1.807, 2.05) is 0 Å². The first-order valence-corrected chi connectivity index (χ1v) is 7.14. The van der Waals surface area contributed by atoms with Crippen LogP contribution in [0.4, 0.5) is 0 Å². The molecular weight excluding hydrogens is 196 g/mol. The Morgan fingerprint density at radius 3 is 1.38 bits per heavy atom. The number of rotatable bonds is 11. The van der Waals surface area contributed by atoms with Gasteiger partial charge in [-0.2, -0.15) is 0 Å². The van der Waals surface area contributed by atoms with Crippen molar-refractivity contribution in [1.82, 2.24) is 10.0 Å². The van der Waals surface area contributed by atoms with Gasteiger partial charge in [0.05, 0.1) is 0 Å². The summed E-state index contributed by atoms with van der Waals surface area (Å²) in [5, 5.41) is 4.75. The van der Waals surface area contributed by atoms with Crippen LogP contribution in [0.2, 0.25) is 0 Å². The fourth-order valence-corrected chi connectivity index (χ4v) is 1.95. The summed E-state index contributed by atoms with van der Waals surface area (Å²) < 4.78 is 0. The average Bonchev–Trinajstić information content (AvgIpc) is 2.26. The molecule has 0 N–H and O–H groups in total. The van der Waals surface area contributed by atoms with Crippen molar-refractivity contribution in [3.63, 3.8) is 0 Å². The van der Waals surface area contributed by atoms with E-state index < -0.39 is 0 Å². The van der Waals surface area contributed by atoms with Crippen LogP contribution < -0.4 is 0 Å². The third-order valence-electron chi connectivity index (χ3n) is 3.11. The highest BCUT2D eigenvalue weighted by molar-refractivity contribution is 4.54. The van der Waals surface area contributed by atoms with E-state index >= 15 is 0 Å². The van der Waals surface area contributed by atoms with Crippen LogP contribution in [0.3, 0.4) is 0 Å². The highest BCUT2D eigenvalue weighted by Gasteiger charge is 2.05. The Balaban J connectivity index is 3.54. The van der Waals surface area contributed by atoms with Crippen LogP contribution in [0.5, 0.6) is 0 Å². The molecule has 0 aliphatic heterocycles. The van der Waals surface area contributed by atoms with Crippen molar-refractivity contribution >= 4 is 0 Å². The van der Waals surface area contributed by atoms with Crippen LogP contribution in [0.15, 0.2) is 0 Å². The summed E-state index contributed by atoms with van der Waals surface area (Å²) in [5.74, 6) is 0. The van der Waals surface area contributed by atoms with Gasteiger partial charge in [0.2, 0.25) is 0 Å². The van der Waals surface area contributed by atoms with E-state index in [-0.39, 0.29) is 0 Å². The quantitative estimate of drug-likeness (QED) is 0.390. The Morgan fingerprint density at radius 1 is 0.625 bits per heavy atom. The van der Waals surface area contributed by atoms with Crippen LogP contribution >= 0.6 is 0 Å². The second kappa shape index (κ2) is 11.4. The summed E-state index contributed by atoms with van der Waals surface area (Å²) in [6.07, 6.45) is 10.9. The van der Waals surface area contributed by atoms with Crippen molar-refractivity contribution in [2.45, 2.75) is 65.2 Å². The van der Waals surface area contributed by atoms with E-state index in [1.54, 1.807) is 0 Å². The molecule has 0 aliphatic carbocycles.